The number of likely N-dealkylation sites (tertiary alicyclic amines) is 1. The number of likely N-dealkylation sites (N-methyl/N-ethyl adjacent to an activating group) is 1. The van der Waals surface area contributed by atoms with Crippen molar-refractivity contribution in [2.45, 2.75) is 23.8 Å². The van der Waals surface area contributed by atoms with E-state index in [2.05, 4.69) is 22.3 Å². The predicted molar refractivity (Wildman–Crippen MR) is 127 cm³/mol. The van der Waals surface area contributed by atoms with E-state index in [-0.39, 0.29) is 23.4 Å². The molecule has 1 aliphatic rings. The second-order valence-corrected chi connectivity index (χ2v) is 10.3. The lowest BCUT2D eigenvalue weighted by atomic mass is 10.1. The molecule has 1 saturated heterocycles. The monoisotopic (exact) mass is 451 g/mol. The fourth-order valence-electron chi connectivity index (χ4n) is 4.25. The molecule has 3 aromatic carbocycles. The van der Waals surface area contributed by atoms with Crippen LogP contribution in [0.5, 0.6) is 0 Å². The Morgan fingerprint density at radius 2 is 1.62 bits per heavy atom. The Labute approximate surface area is 189 Å². The maximum Gasteiger partial charge on any atom is 0.243 e. The summed E-state index contributed by atoms with van der Waals surface area (Å²) in [5, 5.41) is 4.78. The summed E-state index contributed by atoms with van der Waals surface area (Å²) in [6.45, 7) is 2.24. The number of amides is 1. The molecule has 168 valence electrons. The van der Waals surface area contributed by atoms with E-state index >= 15 is 0 Å². The maximum absolute atomic E-state index is 13.0. The molecule has 1 fully saturated rings. The highest BCUT2D eigenvalue weighted by atomic mass is 32.2. The van der Waals surface area contributed by atoms with Crippen molar-refractivity contribution in [2.75, 3.05) is 33.2 Å². The molecule has 1 N–H and O–H groups in total. The number of benzene rings is 3. The quantitative estimate of drug-likeness (QED) is 0.570. The fourth-order valence-corrected chi connectivity index (χ4v) is 5.41. The third kappa shape index (κ3) is 5.01. The van der Waals surface area contributed by atoms with Gasteiger partial charge in [0.15, 0.2) is 0 Å². The minimum atomic E-state index is -3.77. The van der Waals surface area contributed by atoms with Crippen LogP contribution in [0.4, 0.5) is 0 Å². The number of nitrogens with one attached hydrogen (secondary N) is 1. The molecule has 0 aromatic heterocycles. The Morgan fingerprint density at radius 3 is 2.34 bits per heavy atom. The Hall–Kier alpha value is -2.74. The molecular weight excluding hydrogens is 422 g/mol. The van der Waals surface area contributed by atoms with Crippen LogP contribution in [0.3, 0.4) is 0 Å². The summed E-state index contributed by atoms with van der Waals surface area (Å²) in [6.07, 6.45) is 2.31. The summed E-state index contributed by atoms with van der Waals surface area (Å²) in [5.41, 5.74) is 1.16. The van der Waals surface area contributed by atoms with E-state index in [1.54, 1.807) is 18.2 Å². The highest BCUT2D eigenvalue weighted by molar-refractivity contribution is 7.89. The normalized spacial score (nSPS) is 15.8. The molecule has 0 spiro atoms. The van der Waals surface area contributed by atoms with Crippen molar-refractivity contribution >= 4 is 26.7 Å². The smallest absolute Gasteiger partial charge is 0.243 e. The molecule has 1 atom stereocenters. The van der Waals surface area contributed by atoms with Crippen molar-refractivity contribution in [3.05, 3.63) is 78.4 Å². The zero-order valence-corrected chi connectivity index (χ0v) is 19.1. The molecule has 7 heteroatoms. The molecule has 1 unspecified atom stereocenters. The second kappa shape index (κ2) is 9.81. The van der Waals surface area contributed by atoms with E-state index in [0.29, 0.717) is 6.54 Å². The Bertz CT molecular complexity index is 1180. The van der Waals surface area contributed by atoms with E-state index in [1.165, 1.54) is 7.05 Å². The average Bonchev–Trinajstić information content (AvgIpc) is 3.34. The molecule has 0 aliphatic carbocycles. The Morgan fingerprint density at radius 1 is 0.969 bits per heavy atom. The first-order chi connectivity index (χ1) is 15.4. The van der Waals surface area contributed by atoms with Crippen molar-refractivity contribution in [3.8, 4) is 0 Å². The van der Waals surface area contributed by atoms with Crippen molar-refractivity contribution in [1.29, 1.82) is 0 Å². The van der Waals surface area contributed by atoms with Crippen LogP contribution < -0.4 is 5.32 Å². The van der Waals surface area contributed by atoms with Gasteiger partial charge in [-0.2, -0.15) is 4.31 Å². The average molecular weight is 452 g/mol. The van der Waals surface area contributed by atoms with E-state index < -0.39 is 10.0 Å². The SMILES string of the molecule is CN(CC(=O)NCC(c1ccccc1)N1CCCC1)S(=O)(=O)c1ccc2ccccc2c1. The number of rotatable bonds is 8. The van der Waals surface area contributed by atoms with Gasteiger partial charge >= 0.3 is 0 Å². The topological polar surface area (TPSA) is 69.7 Å². The van der Waals surface area contributed by atoms with Crippen LogP contribution >= 0.6 is 0 Å². The number of nitrogens with zero attached hydrogens (tertiary/aromatic N) is 2. The highest BCUT2D eigenvalue weighted by Gasteiger charge is 2.26. The van der Waals surface area contributed by atoms with Gasteiger partial charge in [0.1, 0.15) is 0 Å². The van der Waals surface area contributed by atoms with E-state index in [4.69, 9.17) is 0 Å². The first kappa shape index (κ1) is 22.5. The van der Waals surface area contributed by atoms with Crippen molar-refractivity contribution in [2.24, 2.45) is 0 Å². The van der Waals surface area contributed by atoms with Gasteiger partial charge in [-0.15, -0.1) is 0 Å². The van der Waals surface area contributed by atoms with Gasteiger partial charge in [0.05, 0.1) is 17.5 Å². The molecule has 0 saturated carbocycles. The number of carbonyl (C=O) groups excluding carboxylic acids is 1. The van der Waals surface area contributed by atoms with E-state index in [9.17, 15) is 13.2 Å². The van der Waals surface area contributed by atoms with Gasteiger partial charge in [-0.05, 0) is 54.4 Å². The lowest BCUT2D eigenvalue weighted by molar-refractivity contribution is -0.121. The zero-order valence-electron chi connectivity index (χ0n) is 18.3. The third-order valence-electron chi connectivity index (χ3n) is 6.05. The largest absolute Gasteiger partial charge is 0.353 e. The van der Waals surface area contributed by atoms with Crippen molar-refractivity contribution < 1.29 is 13.2 Å². The number of fused-ring (bicyclic) bond motifs is 1. The minimum Gasteiger partial charge on any atom is -0.353 e. The fraction of sp³-hybridized carbons (Fsp3) is 0.320. The van der Waals surface area contributed by atoms with Crippen LogP contribution in [-0.2, 0) is 14.8 Å². The molecule has 0 radical (unpaired) electrons. The van der Waals surface area contributed by atoms with E-state index in [0.717, 1.165) is 46.6 Å². The summed E-state index contributed by atoms with van der Waals surface area (Å²) in [7, 11) is -2.33. The molecule has 32 heavy (non-hydrogen) atoms. The van der Waals surface area contributed by atoms with Crippen molar-refractivity contribution in [1.82, 2.24) is 14.5 Å². The highest BCUT2D eigenvalue weighted by Crippen LogP contribution is 2.25. The Kier molecular flexibility index (Phi) is 6.89. The third-order valence-corrected chi connectivity index (χ3v) is 7.85. The summed E-state index contributed by atoms with van der Waals surface area (Å²) in [4.78, 5) is 15.2. The molecule has 1 aliphatic heterocycles. The van der Waals surface area contributed by atoms with Crippen LogP contribution in [-0.4, -0.2) is 56.8 Å². The predicted octanol–water partition coefficient (Wildman–Crippen LogP) is 3.41. The summed E-state index contributed by atoms with van der Waals surface area (Å²) in [6, 6.07) is 22.9. The minimum absolute atomic E-state index is 0.0880. The number of hydrogen-bond donors (Lipinski definition) is 1. The van der Waals surface area contributed by atoms with Crippen LogP contribution in [0.1, 0.15) is 24.4 Å². The van der Waals surface area contributed by atoms with Crippen LogP contribution in [0, 0.1) is 0 Å². The van der Waals surface area contributed by atoms with Gasteiger partial charge in [-0.1, -0.05) is 60.7 Å². The zero-order chi connectivity index (χ0) is 22.6. The standard InChI is InChI=1S/C25H29N3O3S/c1-27(32(30,31)23-14-13-20-9-5-6-12-22(20)17-23)19-25(29)26-18-24(28-15-7-8-16-28)21-10-3-2-4-11-21/h2-6,9-14,17,24H,7-8,15-16,18-19H2,1H3,(H,26,29). The van der Waals surface area contributed by atoms with Crippen LogP contribution in [0.25, 0.3) is 10.8 Å². The first-order valence-corrected chi connectivity index (χ1v) is 12.4. The van der Waals surface area contributed by atoms with Crippen molar-refractivity contribution in [3.63, 3.8) is 0 Å². The Balaban J connectivity index is 1.41. The maximum atomic E-state index is 13.0. The molecule has 3 aromatic rings. The molecule has 6 nitrogen and oxygen atoms in total. The van der Waals surface area contributed by atoms with Gasteiger partial charge < -0.3 is 5.32 Å². The summed E-state index contributed by atoms with van der Waals surface area (Å²) in [5.74, 6) is -0.308. The number of hydrogen-bond acceptors (Lipinski definition) is 4. The van der Waals surface area contributed by atoms with Crippen LogP contribution in [0.15, 0.2) is 77.7 Å². The van der Waals surface area contributed by atoms with Gasteiger partial charge in [0, 0.05) is 13.6 Å². The summed E-state index contributed by atoms with van der Waals surface area (Å²) >= 11 is 0. The van der Waals surface area contributed by atoms with Gasteiger partial charge in [0.2, 0.25) is 15.9 Å². The summed E-state index contributed by atoms with van der Waals surface area (Å²) < 4.78 is 27.1. The first-order valence-electron chi connectivity index (χ1n) is 11.0. The number of sulfonamides is 1. The van der Waals surface area contributed by atoms with Gasteiger partial charge in [-0.25, -0.2) is 8.42 Å². The van der Waals surface area contributed by atoms with Gasteiger partial charge in [-0.3, -0.25) is 9.69 Å². The molecule has 4 rings (SSSR count). The molecular formula is C25H29N3O3S. The second-order valence-electron chi connectivity index (χ2n) is 8.24. The lowest BCUT2D eigenvalue weighted by Gasteiger charge is -2.28. The van der Waals surface area contributed by atoms with Crippen LogP contribution in [0.2, 0.25) is 0 Å². The molecule has 1 heterocycles. The molecule has 0 bridgehead atoms. The molecule has 1 amide bonds. The lowest BCUT2D eigenvalue weighted by Crippen LogP contribution is -2.42. The number of carbonyl (C=O) groups is 1. The van der Waals surface area contributed by atoms with E-state index in [1.807, 2.05) is 42.5 Å². The van der Waals surface area contributed by atoms with Gasteiger partial charge in [0.25, 0.3) is 0 Å².